The number of hydrogen-bond acceptors (Lipinski definition) is 4. The summed E-state index contributed by atoms with van der Waals surface area (Å²) in [6, 6.07) is 6.71. The van der Waals surface area contributed by atoms with Crippen LogP contribution in [0.25, 0.3) is 0 Å². The maximum atomic E-state index is 12.2. The largest absolute Gasteiger partial charge is 0.372 e. The van der Waals surface area contributed by atoms with Crippen molar-refractivity contribution in [3.05, 3.63) is 24.3 Å². The van der Waals surface area contributed by atoms with Crippen molar-refractivity contribution >= 4 is 29.2 Å². The topological polar surface area (TPSA) is 90.5 Å². The molecule has 7 heteroatoms. The van der Waals surface area contributed by atoms with Crippen LogP contribution in [-0.2, 0) is 9.59 Å². The van der Waals surface area contributed by atoms with Crippen molar-refractivity contribution in [2.45, 2.75) is 33.2 Å². The standard InChI is InChI=1S/C17H24N4O3/c1-4-21(5-2)13-8-6-12(7-9-13)19-15(22)10-14-11(3)18-17(24)20-16(14)23/h6-9,11,14H,4-5,10H2,1-3H3,(H,19,22)(H2,18,20,23,24). The third-order valence-corrected chi connectivity index (χ3v) is 4.22. The maximum absolute atomic E-state index is 12.2. The first-order valence-electron chi connectivity index (χ1n) is 8.20. The third-order valence-electron chi connectivity index (χ3n) is 4.22. The van der Waals surface area contributed by atoms with Gasteiger partial charge in [0, 0.05) is 36.9 Å². The van der Waals surface area contributed by atoms with E-state index in [1.54, 1.807) is 6.92 Å². The van der Waals surface area contributed by atoms with E-state index in [-0.39, 0.29) is 18.4 Å². The second kappa shape index (κ2) is 7.81. The van der Waals surface area contributed by atoms with Gasteiger partial charge in [0.2, 0.25) is 11.8 Å². The Bertz CT molecular complexity index is 611. The van der Waals surface area contributed by atoms with Gasteiger partial charge in [-0.05, 0) is 45.0 Å². The summed E-state index contributed by atoms with van der Waals surface area (Å²) in [5.41, 5.74) is 1.78. The molecule has 0 aliphatic carbocycles. The molecule has 1 aliphatic rings. The quantitative estimate of drug-likeness (QED) is 0.739. The van der Waals surface area contributed by atoms with E-state index < -0.39 is 17.9 Å². The highest BCUT2D eigenvalue weighted by atomic mass is 16.2. The van der Waals surface area contributed by atoms with Crippen LogP contribution in [0.3, 0.4) is 0 Å². The number of anilines is 2. The summed E-state index contributed by atoms with van der Waals surface area (Å²) in [6.07, 6.45) is 0.0189. The van der Waals surface area contributed by atoms with Crippen LogP contribution in [0.2, 0.25) is 0 Å². The van der Waals surface area contributed by atoms with Crippen LogP contribution in [-0.4, -0.2) is 37.0 Å². The van der Waals surface area contributed by atoms with E-state index in [1.165, 1.54) is 0 Å². The summed E-state index contributed by atoms with van der Waals surface area (Å²) in [7, 11) is 0. The molecule has 7 nitrogen and oxygen atoms in total. The van der Waals surface area contributed by atoms with Crippen LogP contribution in [0.1, 0.15) is 27.2 Å². The Morgan fingerprint density at radius 3 is 2.33 bits per heavy atom. The number of amides is 4. The van der Waals surface area contributed by atoms with Gasteiger partial charge in [0.25, 0.3) is 0 Å². The van der Waals surface area contributed by atoms with Gasteiger partial charge < -0.3 is 15.5 Å². The van der Waals surface area contributed by atoms with Crippen LogP contribution >= 0.6 is 0 Å². The molecule has 4 amide bonds. The second-order valence-electron chi connectivity index (χ2n) is 5.83. The summed E-state index contributed by atoms with van der Waals surface area (Å²) in [6.45, 7) is 7.74. The van der Waals surface area contributed by atoms with E-state index >= 15 is 0 Å². The molecule has 130 valence electrons. The van der Waals surface area contributed by atoms with E-state index in [0.29, 0.717) is 5.69 Å². The molecule has 24 heavy (non-hydrogen) atoms. The first-order chi connectivity index (χ1) is 11.4. The van der Waals surface area contributed by atoms with Gasteiger partial charge in [-0.2, -0.15) is 0 Å². The minimum Gasteiger partial charge on any atom is -0.372 e. The van der Waals surface area contributed by atoms with Crippen molar-refractivity contribution in [2.75, 3.05) is 23.3 Å². The lowest BCUT2D eigenvalue weighted by molar-refractivity contribution is -0.129. The van der Waals surface area contributed by atoms with Crippen LogP contribution in [0.5, 0.6) is 0 Å². The van der Waals surface area contributed by atoms with Gasteiger partial charge in [-0.25, -0.2) is 4.79 Å². The summed E-state index contributed by atoms with van der Waals surface area (Å²) in [4.78, 5) is 37.4. The van der Waals surface area contributed by atoms with Crippen LogP contribution < -0.4 is 20.9 Å². The molecule has 0 aromatic heterocycles. The smallest absolute Gasteiger partial charge is 0.321 e. The Labute approximate surface area is 141 Å². The lowest BCUT2D eigenvalue weighted by Gasteiger charge is -2.28. The zero-order valence-electron chi connectivity index (χ0n) is 14.3. The van der Waals surface area contributed by atoms with Gasteiger partial charge >= 0.3 is 6.03 Å². The number of imide groups is 1. The number of nitrogens with zero attached hydrogens (tertiary/aromatic N) is 1. The van der Waals surface area contributed by atoms with Crippen LogP contribution in [0.4, 0.5) is 16.2 Å². The molecule has 3 N–H and O–H groups in total. The molecule has 1 saturated heterocycles. The van der Waals surface area contributed by atoms with Gasteiger partial charge in [-0.3, -0.25) is 14.9 Å². The number of urea groups is 1. The first-order valence-corrected chi connectivity index (χ1v) is 8.20. The monoisotopic (exact) mass is 332 g/mol. The Kier molecular flexibility index (Phi) is 5.78. The van der Waals surface area contributed by atoms with E-state index in [9.17, 15) is 14.4 Å². The summed E-state index contributed by atoms with van der Waals surface area (Å²) in [5, 5.41) is 7.59. The molecule has 0 saturated carbocycles. The normalized spacial score (nSPS) is 20.1. The van der Waals surface area contributed by atoms with Crippen molar-refractivity contribution in [2.24, 2.45) is 5.92 Å². The molecule has 0 spiro atoms. The minimum atomic E-state index is -0.572. The molecule has 1 fully saturated rings. The Hall–Kier alpha value is -2.57. The molecule has 2 unspecified atom stereocenters. The molecule has 0 radical (unpaired) electrons. The van der Waals surface area contributed by atoms with E-state index in [4.69, 9.17) is 0 Å². The summed E-state index contributed by atoms with van der Waals surface area (Å²) in [5.74, 6) is -1.25. The molecule has 1 aliphatic heterocycles. The average molecular weight is 332 g/mol. The summed E-state index contributed by atoms with van der Waals surface area (Å²) < 4.78 is 0. The van der Waals surface area contributed by atoms with Crippen molar-refractivity contribution in [1.82, 2.24) is 10.6 Å². The van der Waals surface area contributed by atoms with Crippen molar-refractivity contribution in [3.63, 3.8) is 0 Å². The first kappa shape index (κ1) is 17.8. The number of nitrogens with one attached hydrogen (secondary N) is 3. The Balaban J connectivity index is 1.95. The fraction of sp³-hybridized carbons (Fsp3) is 0.471. The Morgan fingerprint density at radius 2 is 1.79 bits per heavy atom. The Morgan fingerprint density at radius 1 is 1.17 bits per heavy atom. The number of rotatable bonds is 6. The molecular weight excluding hydrogens is 308 g/mol. The highest BCUT2D eigenvalue weighted by molar-refractivity contribution is 6.01. The number of benzene rings is 1. The van der Waals surface area contributed by atoms with Crippen molar-refractivity contribution in [1.29, 1.82) is 0 Å². The highest BCUT2D eigenvalue weighted by Crippen LogP contribution is 2.19. The predicted octanol–water partition coefficient (Wildman–Crippen LogP) is 1.71. The van der Waals surface area contributed by atoms with Gasteiger partial charge in [0.05, 0.1) is 5.92 Å². The average Bonchev–Trinajstić information content (AvgIpc) is 2.53. The SMILES string of the molecule is CCN(CC)c1ccc(NC(=O)CC2C(=O)NC(=O)NC2C)cc1. The lowest BCUT2D eigenvalue weighted by atomic mass is 9.94. The van der Waals surface area contributed by atoms with E-state index in [0.717, 1.165) is 18.8 Å². The lowest BCUT2D eigenvalue weighted by Crippen LogP contribution is -2.57. The van der Waals surface area contributed by atoms with Gasteiger partial charge in [0.1, 0.15) is 0 Å². The maximum Gasteiger partial charge on any atom is 0.321 e. The third kappa shape index (κ3) is 4.24. The predicted molar refractivity (Wildman–Crippen MR) is 92.9 cm³/mol. The van der Waals surface area contributed by atoms with E-state index in [1.807, 2.05) is 24.3 Å². The number of carbonyl (C=O) groups excluding carboxylic acids is 3. The molecular formula is C17H24N4O3. The fourth-order valence-corrected chi connectivity index (χ4v) is 2.80. The molecule has 1 aromatic rings. The molecule has 1 heterocycles. The van der Waals surface area contributed by atoms with Gasteiger partial charge in [-0.15, -0.1) is 0 Å². The second-order valence-corrected chi connectivity index (χ2v) is 5.83. The van der Waals surface area contributed by atoms with Crippen molar-refractivity contribution in [3.8, 4) is 0 Å². The molecule has 2 atom stereocenters. The number of carbonyl (C=O) groups is 3. The fourth-order valence-electron chi connectivity index (χ4n) is 2.80. The van der Waals surface area contributed by atoms with Gasteiger partial charge in [0.15, 0.2) is 0 Å². The molecule has 1 aromatic carbocycles. The summed E-state index contributed by atoms with van der Waals surface area (Å²) >= 11 is 0. The zero-order valence-corrected chi connectivity index (χ0v) is 14.3. The highest BCUT2D eigenvalue weighted by Gasteiger charge is 2.34. The van der Waals surface area contributed by atoms with E-state index in [2.05, 4.69) is 34.7 Å². The van der Waals surface area contributed by atoms with Gasteiger partial charge in [-0.1, -0.05) is 0 Å². The molecule has 2 rings (SSSR count). The molecule has 0 bridgehead atoms. The number of hydrogen-bond donors (Lipinski definition) is 3. The van der Waals surface area contributed by atoms with Crippen molar-refractivity contribution < 1.29 is 14.4 Å². The van der Waals surface area contributed by atoms with Crippen LogP contribution in [0.15, 0.2) is 24.3 Å². The zero-order chi connectivity index (χ0) is 17.7. The minimum absolute atomic E-state index is 0.0189. The van der Waals surface area contributed by atoms with Crippen LogP contribution in [0, 0.1) is 5.92 Å².